The van der Waals surface area contributed by atoms with E-state index in [1.807, 2.05) is 30.1 Å². The van der Waals surface area contributed by atoms with Crippen LogP contribution >= 0.6 is 27.3 Å². The second-order valence-electron chi connectivity index (χ2n) is 3.72. The van der Waals surface area contributed by atoms with E-state index in [4.69, 9.17) is 5.73 Å². The molecule has 5 heteroatoms. The minimum Gasteiger partial charge on any atom is -0.323 e. The van der Waals surface area contributed by atoms with Crippen molar-refractivity contribution in [2.45, 2.75) is 18.9 Å². The van der Waals surface area contributed by atoms with Gasteiger partial charge in [0.2, 0.25) is 0 Å². The van der Waals surface area contributed by atoms with Crippen LogP contribution in [0.3, 0.4) is 0 Å². The van der Waals surface area contributed by atoms with Gasteiger partial charge in [-0.25, -0.2) is 0 Å². The summed E-state index contributed by atoms with van der Waals surface area (Å²) in [7, 11) is 1.96. The van der Waals surface area contributed by atoms with Crippen LogP contribution in [0.5, 0.6) is 0 Å². The first-order valence-electron chi connectivity index (χ1n) is 5.14. The molecule has 1 atom stereocenters. The number of nitrogens with two attached hydrogens (primary N) is 1. The van der Waals surface area contributed by atoms with Crippen LogP contribution in [0, 0.1) is 0 Å². The van der Waals surface area contributed by atoms with E-state index < -0.39 is 0 Å². The van der Waals surface area contributed by atoms with Gasteiger partial charge in [-0.2, -0.15) is 5.10 Å². The van der Waals surface area contributed by atoms with Gasteiger partial charge in [0.05, 0.1) is 0 Å². The molecule has 2 rings (SSSR count). The van der Waals surface area contributed by atoms with Gasteiger partial charge < -0.3 is 5.73 Å². The van der Waals surface area contributed by atoms with Crippen molar-refractivity contribution < 1.29 is 0 Å². The molecule has 86 valence electrons. The molecule has 16 heavy (non-hydrogen) atoms. The zero-order valence-corrected chi connectivity index (χ0v) is 11.5. The van der Waals surface area contributed by atoms with E-state index in [-0.39, 0.29) is 6.04 Å². The van der Waals surface area contributed by atoms with Gasteiger partial charge in [-0.3, -0.25) is 4.68 Å². The maximum atomic E-state index is 6.16. The Morgan fingerprint density at radius 1 is 1.56 bits per heavy atom. The minimum absolute atomic E-state index is 0.101. The van der Waals surface area contributed by atoms with E-state index in [1.165, 1.54) is 10.6 Å². The van der Waals surface area contributed by atoms with E-state index in [0.717, 1.165) is 17.3 Å². The third-order valence-electron chi connectivity index (χ3n) is 2.62. The Hall–Kier alpha value is -0.650. The molecule has 0 fully saturated rings. The van der Waals surface area contributed by atoms with Crippen LogP contribution in [0.15, 0.2) is 28.2 Å². The summed E-state index contributed by atoms with van der Waals surface area (Å²) < 4.78 is 3.02. The first kappa shape index (κ1) is 11.8. The summed E-state index contributed by atoms with van der Waals surface area (Å²) in [5.74, 6) is 0. The van der Waals surface area contributed by atoms with Crippen molar-refractivity contribution in [1.29, 1.82) is 0 Å². The first-order valence-corrected chi connectivity index (χ1v) is 6.81. The molecule has 0 saturated heterocycles. The highest BCUT2D eigenvalue weighted by molar-refractivity contribution is 9.10. The summed E-state index contributed by atoms with van der Waals surface area (Å²) in [5.41, 5.74) is 7.38. The molecule has 1 unspecified atom stereocenters. The predicted molar refractivity (Wildman–Crippen MR) is 70.5 cm³/mol. The number of hydrogen-bond acceptors (Lipinski definition) is 3. The summed E-state index contributed by atoms with van der Waals surface area (Å²) >= 11 is 5.22. The van der Waals surface area contributed by atoms with Gasteiger partial charge in [0.25, 0.3) is 0 Å². The first-order chi connectivity index (χ1) is 7.68. The molecule has 0 radical (unpaired) electrons. The topological polar surface area (TPSA) is 43.8 Å². The van der Waals surface area contributed by atoms with Gasteiger partial charge in [0.15, 0.2) is 0 Å². The van der Waals surface area contributed by atoms with Crippen LogP contribution in [0.1, 0.15) is 23.0 Å². The standard InChI is InChI=1S/C11H14BrN3S/c1-15-8(4-6-14-15)2-3-10(13)11-9(12)5-7-16-11/h4-7,10H,2-3,13H2,1H3. The average Bonchev–Trinajstić information content (AvgIpc) is 2.84. The lowest BCUT2D eigenvalue weighted by molar-refractivity contribution is 0.619. The number of thiophene rings is 1. The Morgan fingerprint density at radius 3 is 2.94 bits per heavy atom. The maximum absolute atomic E-state index is 6.16. The molecule has 0 saturated carbocycles. The van der Waals surface area contributed by atoms with Crippen LogP contribution in [0.25, 0.3) is 0 Å². The van der Waals surface area contributed by atoms with Crippen molar-refractivity contribution in [2.75, 3.05) is 0 Å². The van der Waals surface area contributed by atoms with Gasteiger partial charge in [0, 0.05) is 34.3 Å². The lowest BCUT2D eigenvalue weighted by atomic mass is 10.1. The van der Waals surface area contributed by atoms with Crippen molar-refractivity contribution in [1.82, 2.24) is 9.78 Å². The second kappa shape index (κ2) is 5.12. The fourth-order valence-electron chi connectivity index (χ4n) is 1.65. The molecule has 2 N–H and O–H groups in total. The van der Waals surface area contributed by atoms with Crippen molar-refractivity contribution in [3.63, 3.8) is 0 Å². The Kier molecular flexibility index (Phi) is 3.78. The second-order valence-corrected chi connectivity index (χ2v) is 5.53. The number of halogens is 1. The van der Waals surface area contributed by atoms with Gasteiger partial charge in [0.1, 0.15) is 0 Å². The lowest BCUT2D eigenvalue weighted by Gasteiger charge is -2.10. The molecular formula is C11H14BrN3S. The number of aryl methyl sites for hydroxylation is 2. The van der Waals surface area contributed by atoms with Gasteiger partial charge in [-0.1, -0.05) is 0 Å². The molecule has 0 aliphatic carbocycles. The van der Waals surface area contributed by atoms with Crippen LogP contribution < -0.4 is 5.73 Å². The van der Waals surface area contributed by atoms with Gasteiger partial charge in [-0.15, -0.1) is 11.3 Å². The van der Waals surface area contributed by atoms with Crippen molar-refractivity contribution >= 4 is 27.3 Å². The summed E-state index contributed by atoms with van der Waals surface area (Å²) in [6.07, 6.45) is 3.72. The third kappa shape index (κ3) is 2.53. The molecule has 0 aliphatic rings. The van der Waals surface area contributed by atoms with E-state index in [9.17, 15) is 0 Å². The molecule has 0 aromatic carbocycles. The molecule has 0 bridgehead atoms. The summed E-state index contributed by atoms with van der Waals surface area (Å²) in [5, 5.41) is 6.20. The third-order valence-corrected chi connectivity index (χ3v) is 4.62. The predicted octanol–water partition coefficient (Wildman–Crippen LogP) is 2.88. The molecule has 2 heterocycles. The van der Waals surface area contributed by atoms with Gasteiger partial charge >= 0.3 is 0 Å². The largest absolute Gasteiger partial charge is 0.323 e. The fourth-order valence-corrected chi connectivity index (χ4v) is 3.36. The van der Waals surface area contributed by atoms with Crippen LogP contribution in [-0.2, 0) is 13.5 Å². The molecule has 3 nitrogen and oxygen atoms in total. The van der Waals surface area contributed by atoms with Crippen LogP contribution in [-0.4, -0.2) is 9.78 Å². The Labute approximate surface area is 107 Å². The molecule has 2 aromatic heterocycles. The molecule has 2 aromatic rings. The van der Waals surface area contributed by atoms with Crippen molar-refractivity contribution in [3.05, 3.63) is 38.8 Å². The molecule has 0 spiro atoms. The van der Waals surface area contributed by atoms with Gasteiger partial charge in [-0.05, 0) is 46.3 Å². The van der Waals surface area contributed by atoms with E-state index in [1.54, 1.807) is 11.3 Å². The lowest BCUT2D eigenvalue weighted by Crippen LogP contribution is -2.11. The van der Waals surface area contributed by atoms with E-state index in [0.29, 0.717) is 0 Å². The Bertz CT molecular complexity index is 463. The number of rotatable bonds is 4. The van der Waals surface area contributed by atoms with Crippen molar-refractivity contribution in [3.8, 4) is 0 Å². The zero-order valence-electron chi connectivity index (χ0n) is 9.06. The molecule has 0 amide bonds. The quantitative estimate of drug-likeness (QED) is 0.943. The smallest absolute Gasteiger partial charge is 0.0492 e. The summed E-state index contributed by atoms with van der Waals surface area (Å²) in [6.45, 7) is 0. The highest BCUT2D eigenvalue weighted by Gasteiger charge is 2.12. The fraction of sp³-hybridized carbons (Fsp3) is 0.364. The Balaban J connectivity index is 1.97. The molecule has 0 aliphatic heterocycles. The Morgan fingerprint density at radius 2 is 2.38 bits per heavy atom. The zero-order chi connectivity index (χ0) is 11.5. The monoisotopic (exact) mass is 299 g/mol. The van der Waals surface area contributed by atoms with Crippen LogP contribution in [0.2, 0.25) is 0 Å². The summed E-state index contributed by atoms with van der Waals surface area (Å²) in [4.78, 5) is 1.22. The molecular weight excluding hydrogens is 286 g/mol. The maximum Gasteiger partial charge on any atom is 0.0492 e. The van der Waals surface area contributed by atoms with E-state index in [2.05, 4.69) is 26.4 Å². The van der Waals surface area contributed by atoms with Crippen molar-refractivity contribution in [2.24, 2.45) is 12.8 Å². The van der Waals surface area contributed by atoms with E-state index >= 15 is 0 Å². The number of aromatic nitrogens is 2. The minimum atomic E-state index is 0.101. The highest BCUT2D eigenvalue weighted by atomic mass is 79.9. The SMILES string of the molecule is Cn1nccc1CCC(N)c1sccc1Br. The number of nitrogens with zero attached hydrogens (tertiary/aromatic N) is 2. The number of hydrogen-bond donors (Lipinski definition) is 1. The average molecular weight is 300 g/mol. The normalized spacial score (nSPS) is 12.9. The van der Waals surface area contributed by atoms with Crippen LogP contribution in [0.4, 0.5) is 0 Å². The summed E-state index contributed by atoms with van der Waals surface area (Å²) in [6, 6.07) is 4.18. The highest BCUT2D eigenvalue weighted by Crippen LogP contribution is 2.29.